The Morgan fingerprint density at radius 2 is 1.56 bits per heavy atom. The van der Waals surface area contributed by atoms with Gasteiger partial charge in [-0.05, 0) is 62.2 Å². The van der Waals surface area contributed by atoms with Gasteiger partial charge in [0.1, 0.15) is 0 Å². The summed E-state index contributed by atoms with van der Waals surface area (Å²) >= 11 is 0. The molecule has 9 atom stereocenters. The molecule has 0 aromatic carbocycles. The van der Waals surface area contributed by atoms with E-state index in [1.165, 1.54) is 25.7 Å². The lowest BCUT2D eigenvalue weighted by molar-refractivity contribution is -0.0443. The van der Waals surface area contributed by atoms with Crippen LogP contribution in [0.5, 0.6) is 0 Å². The SMILES string of the molecule is CC1OC2CC1CC2C1CC2CC1C1OC21. The van der Waals surface area contributed by atoms with Crippen LogP contribution in [0.4, 0.5) is 0 Å². The van der Waals surface area contributed by atoms with E-state index in [9.17, 15) is 0 Å². The van der Waals surface area contributed by atoms with Gasteiger partial charge in [0.05, 0.1) is 24.4 Å². The first-order chi connectivity index (χ1) is 7.81. The third kappa shape index (κ3) is 0.932. The second-order valence-corrected chi connectivity index (χ2v) is 6.90. The number of hydrogen-bond acceptors (Lipinski definition) is 2. The van der Waals surface area contributed by atoms with Gasteiger partial charge in [0.15, 0.2) is 0 Å². The summed E-state index contributed by atoms with van der Waals surface area (Å²) in [4.78, 5) is 0. The van der Waals surface area contributed by atoms with Gasteiger partial charge in [0.25, 0.3) is 0 Å². The van der Waals surface area contributed by atoms with Crippen LogP contribution in [-0.2, 0) is 9.47 Å². The summed E-state index contributed by atoms with van der Waals surface area (Å²) in [5, 5.41) is 0. The van der Waals surface area contributed by atoms with Crippen molar-refractivity contribution in [2.75, 3.05) is 0 Å². The molecule has 2 nitrogen and oxygen atoms in total. The van der Waals surface area contributed by atoms with Crippen molar-refractivity contribution in [3.63, 3.8) is 0 Å². The minimum atomic E-state index is 0.546. The highest BCUT2D eigenvalue weighted by molar-refractivity contribution is 5.13. The zero-order valence-corrected chi connectivity index (χ0v) is 9.84. The molecule has 0 radical (unpaired) electrons. The van der Waals surface area contributed by atoms with E-state index in [1.807, 2.05) is 0 Å². The minimum Gasteiger partial charge on any atom is -0.375 e. The molecule has 0 aromatic heterocycles. The topological polar surface area (TPSA) is 21.8 Å². The second-order valence-electron chi connectivity index (χ2n) is 6.90. The van der Waals surface area contributed by atoms with Crippen molar-refractivity contribution >= 4 is 0 Å². The molecule has 88 valence electrons. The van der Waals surface area contributed by atoms with Crippen molar-refractivity contribution in [3.8, 4) is 0 Å². The minimum absolute atomic E-state index is 0.546. The van der Waals surface area contributed by atoms with Crippen LogP contribution in [0, 0.1) is 29.6 Å². The first-order valence-corrected chi connectivity index (χ1v) is 7.12. The summed E-state index contributed by atoms with van der Waals surface area (Å²) < 4.78 is 11.9. The summed E-state index contributed by atoms with van der Waals surface area (Å²) in [6.07, 6.45) is 8.28. The Bertz CT molecular complexity index is 340. The highest BCUT2D eigenvalue weighted by atomic mass is 16.6. The van der Waals surface area contributed by atoms with Crippen LogP contribution >= 0.6 is 0 Å². The number of epoxide rings is 1. The molecule has 0 amide bonds. The van der Waals surface area contributed by atoms with E-state index in [0.717, 1.165) is 29.6 Å². The lowest BCUT2D eigenvalue weighted by Crippen LogP contribution is -2.34. The second kappa shape index (κ2) is 2.67. The first-order valence-electron chi connectivity index (χ1n) is 7.12. The van der Waals surface area contributed by atoms with Gasteiger partial charge in [-0.15, -0.1) is 0 Å². The van der Waals surface area contributed by atoms with Crippen LogP contribution in [0.1, 0.15) is 32.6 Å². The van der Waals surface area contributed by atoms with Gasteiger partial charge in [-0.1, -0.05) is 0 Å². The molecule has 0 spiro atoms. The van der Waals surface area contributed by atoms with Crippen molar-refractivity contribution in [2.24, 2.45) is 29.6 Å². The Morgan fingerprint density at radius 1 is 0.750 bits per heavy atom. The maximum atomic E-state index is 6.10. The van der Waals surface area contributed by atoms with E-state index in [4.69, 9.17) is 9.47 Å². The van der Waals surface area contributed by atoms with E-state index >= 15 is 0 Å². The van der Waals surface area contributed by atoms with Gasteiger partial charge < -0.3 is 9.47 Å². The molecule has 5 fully saturated rings. The number of rotatable bonds is 1. The molecule has 5 aliphatic rings. The van der Waals surface area contributed by atoms with Crippen molar-refractivity contribution in [1.29, 1.82) is 0 Å². The van der Waals surface area contributed by atoms with Gasteiger partial charge in [0, 0.05) is 0 Å². The summed E-state index contributed by atoms with van der Waals surface area (Å²) in [5.41, 5.74) is 0. The molecule has 0 aromatic rings. The fourth-order valence-electron chi connectivity index (χ4n) is 5.59. The van der Waals surface area contributed by atoms with Gasteiger partial charge in [-0.2, -0.15) is 0 Å². The monoisotopic (exact) mass is 220 g/mol. The fraction of sp³-hybridized carbons (Fsp3) is 1.00. The maximum Gasteiger partial charge on any atom is 0.0875 e. The first kappa shape index (κ1) is 8.93. The van der Waals surface area contributed by atoms with Gasteiger partial charge in [-0.3, -0.25) is 0 Å². The molecule has 4 bridgehead atoms. The molecular weight excluding hydrogens is 200 g/mol. The molecule has 16 heavy (non-hydrogen) atoms. The Balaban J connectivity index is 1.40. The molecule has 5 rings (SSSR count). The van der Waals surface area contributed by atoms with Crippen molar-refractivity contribution in [1.82, 2.24) is 0 Å². The molecule has 2 heteroatoms. The quantitative estimate of drug-likeness (QED) is 0.632. The molecule has 2 aliphatic heterocycles. The zero-order valence-electron chi connectivity index (χ0n) is 9.84. The average molecular weight is 220 g/mol. The molecule has 2 heterocycles. The van der Waals surface area contributed by atoms with Gasteiger partial charge in [0.2, 0.25) is 0 Å². The molecule has 0 N–H and O–H groups in total. The number of fused-ring (bicyclic) bond motifs is 7. The number of ether oxygens (including phenoxy) is 2. The summed E-state index contributed by atoms with van der Waals surface area (Å²) in [5.74, 6) is 4.57. The average Bonchev–Trinajstić information content (AvgIpc) is 2.66. The van der Waals surface area contributed by atoms with Crippen LogP contribution in [0.3, 0.4) is 0 Å². The predicted octanol–water partition coefficient (Wildman–Crippen LogP) is 2.22. The summed E-state index contributed by atoms with van der Waals surface area (Å²) in [6, 6.07) is 0. The lowest BCUT2D eigenvalue weighted by Gasteiger charge is -2.34. The van der Waals surface area contributed by atoms with E-state index < -0.39 is 0 Å². The van der Waals surface area contributed by atoms with Gasteiger partial charge >= 0.3 is 0 Å². The predicted molar refractivity (Wildman–Crippen MR) is 58.9 cm³/mol. The van der Waals surface area contributed by atoms with Crippen molar-refractivity contribution in [2.45, 2.75) is 57.0 Å². The Hall–Kier alpha value is -0.0800. The van der Waals surface area contributed by atoms with E-state index in [0.29, 0.717) is 24.4 Å². The number of hydrogen-bond donors (Lipinski definition) is 0. The molecular formula is C14H20O2. The van der Waals surface area contributed by atoms with Crippen LogP contribution < -0.4 is 0 Å². The molecule has 3 aliphatic carbocycles. The Kier molecular flexibility index (Phi) is 1.49. The third-order valence-corrected chi connectivity index (χ3v) is 6.34. The lowest BCUT2D eigenvalue weighted by atomic mass is 9.76. The van der Waals surface area contributed by atoms with Crippen LogP contribution in [0.2, 0.25) is 0 Å². The maximum absolute atomic E-state index is 6.10. The summed E-state index contributed by atoms with van der Waals surface area (Å²) in [7, 11) is 0. The summed E-state index contributed by atoms with van der Waals surface area (Å²) in [6.45, 7) is 2.27. The van der Waals surface area contributed by atoms with E-state index in [2.05, 4.69) is 6.92 Å². The van der Waals surface area contributed by atoms with Crippen LogP contribution in [0.25, 0.3) is 0 Å². The normalized spacial score (nSPS) is 69.9. The van der Waals surface area contributed by atoms with Crippen LogP contribution in [0.15, 0.2) is 0 Å². The van der Waals surface area contributed by atoms with E-state index in [-0.39, 0.29) is 0 Å². The van der Waals surface area contributed by atoms with E-state index in [1.54, 1.807) is 0 Å². The van der Waals surface area contributed by atoms with Crippen molar-refractivity contribution in [3.05, 3.63) is 0 Å². The van der Waals surface area contributed by atoms with Crippen LogP contribution in [-0.4, -0.2) is 24.4 Å². The fourth-order valence-corrected chi connectivity index (χ4v) is 5.59. The Morgan fingerprint density at radius 3 is 2.19 bits per heavy atom. The molecule has 3 saturated carbocycles. The third-order valence-electron chi connectivity index (χ3n) is 6.34. The smallest absolute Gasteiger partial charge is 0.0875 e. The Labute approximate surface area is 96.7 Å². The largest absolute Gasteiger partial charge is 0.375 e. The van der Waals surface area contributed by atoms with Crippen molar-refractivity contribution < 1.29 is 9.47 Å². The molecule has 2 saturated heterocycles. The zero-order chi connectivity index (χ0) is 10.4. The highest BCUT2D eigenvalue weighted by Gasteiger charge is 2.65. The highest BCUT2D eigenvalue weighted by Crippen LogP contribution is 2.63. The molecule has 9 unspecified atom stereocenters. The van der Waals surface area contributed by atoms with Gasteiger partial charge in [-0.25, -0.2) is 0 Å². The standard InChI is InChI=1S/C14H20O2/c1-6-7-2-10(12(5-7)15-6)9-3-8-4-11(9)14-13(8)16-14/h6-14H,2-5H2,1H3.